The van der Waals surface area contributed by atoms with E-state index >= 15 is 0 Å². The Morgan fingerprint density at radius 3 is 2.78 bits per heavy atom. The van der Waals surface area contributed by atoms with E-state index in [1.54, 1.807) is 7.11 Å². The molecule has 5 heteroatoms. The average molecular weight is 310 g/mol. The number of hydrogen-bond donors (Lipinski definition) is 1. The van der Waals surface area contributed by atoms with E-state index in [0.29, 0.717) is 6.04 Å². The van der Waals surface area contributed by atoms with Gasteiger partial charge < -0.3 is 10.1 Å². The standard InChI is InChI=1S/C18H22N4O/c1-5-12(2)19-17-10-13(3)20-18-11-15(21-22(17)18)14-8-6-7-9-16(14)23-4/h6-12,19H,5H2,1-4H3/t12-/m1/s1. The van der Waals surface area contributed by atoms with Gasteiger partial charge in [0.2, 0.25) is 0 Å². The second kappa shape index (κ2) is 6.28. The Morgan fingerprint density at radius 2 is 2.04 bits per heavy atom. The van der Waals surface area contributed by atoms with Crippen LogP contribution in [0, 0.1) is 6.92 Å². The average Bonchev–Trinajstić information content (AvgIpc) is 2.98. The molecule has 120 valence electrons. The highest BCUT2D eigenvalue weighted by Crippen LogP contribution is 2.29. The molecule has 0 bridgehead atoms. The van der Waals surface area contributed by atoms with Crippen LogP contribution in [0.1, 0.15) is 26.0 Å². The molecule has 0 fully saturated rings. The highest BCUT2D eigenvalue weighted by Gasteiger charge is 2.13. The third-order valence-electron chi connectivity index (χ3n) is 3.94. The summed E-state index contributed by atoms with van der Waals surface area (Å²) >= 11 is 0. The van der Waals surface area contributed by atoms with E-state index in [0.717, 1.165) is 40.6 Å². The molecular formula is C18H22N4O. The first-order valence-electron chi connectivity index (χ1n) is 7.89. The number of methoxy groups -OCH3 is 1. The topological polar surface area (TPSA) is 51.5 Å². The smallest absolute Gasteiger partial charge is 0.158 e. The maximum absolute atomic E-state index is 5.45. The summed E-state index contributed by atoms with van der Waals surface area (Å²) in [5, 5.41) is 8.23. The van der Waals surface area contributed by atoms with Crippen LogP contribution in [0.3, 0.4) is 0 Å². The minimum atomic E-state index is 0.374. The Bertz CT molecular complexity index is 825. The predicted molar refractivity (Wildman–Crippen MR) is 93.1 cm³/mol. The molecule has 1 atom stereocenters. The summed E-state index contributed by atoms with van der Waals surface area (Å²) in [4.78, 5) is 4.59. The van der Waals surface area contributed by atoms with Gasteiger partial charge in [0.05, 0.1) is 12.8 Å². The van der Waals surface area contributed by atoms with E-state index in [4.69, 9.17) is 9.84 Å². The molecule has 23 heavy (non-hydrogen) atoms. The second-order valence-electron chi connectivity index (χ2n) is 5.74. The van der Waals surface area contributed by atoms with Crippen molar-refractivity contribution in [2.75, 3.05) is 12.4 Å². The van der Waals surface area contributed by atoms with Crippen LogP contribution >= 0.6 is 0 Å². The van der Waals surface area contributed by atoms with E-state index in [1.807, 2.05) is 47.8 Å². The van der Waals surface area contributed by atoms with Crippen molar-refractivity contribution < 1.29 is 4.74 Å². The largest absolute Gasteiger partial charge is 0.496 e. The Balaban J connectivity index is 2.13. The van der Waals surface area contributed by atoms with E-state index in [1.165, 1.54) is 0 Å². The minimum absolute atomic E-state index is 0.374. The van der Waals surface area contributed by atoms with Gasteiger partial charge in [0.1, 0.15) is 11.6 Å². The van der Waals surface area contributed by atoms with Crippen molar-refractivity contribution in [2.45, 2.75) is 33.2 Å². The zero-order valence-electron chi connectivity index (χ0n) is 14.0. The lowest BCUT2D eigenvalue weighted by Gasteiger charge is -2.14. The van der Waals surface area contributed by atoms with Crippen LogP contribution in [-0.4, -0.2) is 27.7 Å². The first-order valence-corrected chi connectivity index (χ1v) is 7.89. The van der Waals surface area contributed by atoms with Gasteiger partial charge >= 0.3 is 0 Å². The summed E-state index contributed by atoms with van der Waals surface area (Å²) in [6.07, 6.45) is 1.05. The van der Waals surface area contributed by atoms with E-state index in [2.05, 4.69) is 24.1 Å². The molecule has 0 aliphatic rings. The molecule has 3 rings (SSSR count). The van der Waals surface area contributed by atoms with Crippen molar-refractivity contribution >= 4 is 11.5 Å². The monoisotopic (exact) mass is 310 g/mol. The lowest BCUT2D eigenvalue weighted by molar-refractivity contribution is 0.416. The summed E-state index contributed by atoms with van der Waals surface area (Å²) in [6, 6.07) is 12.3. The van der Waals surface area contributed by atoms with Gasteiger partial charge in [-0.2, -0.15) is 9.61 Å². The molecule has 1 N–H and O–H groups in total. The number of aromatic nitrogens is 3. The minimum Gasteiger partial charge on any atom is -0.496 e. The molecule has 3 aromatic rings. The lowest BCUT2D eigenvalue weighted by atomic mass is 10.1. The highest BCUT2D eigenvalue weighted by atomic mass is 16.5. The molecule has 0 unspecified atom stereocenters. The van der Waals surface area contributed by atoms with Gasteiger partial charge in [-0.15, -0.1) is 0 Å². The van der Waals surface area contributed by atoms with Gasteiger partial charge in [-0.05, 0) is 32.4 Å². The summed E-state index contributed by atoms with van der Waals surface area (Å²) in [5.74, 6) is 1.77. The van der Waals surface area contributed by atoms with Gasteiger partial charge in [-0.1, -0.05) is 19.1 Å². The number of hydrogen-bond acceptors (Lipinski definition) is 4. The molecule has 0 saturated heterocycles. The van der Waals surface area contributed by atoms with Crippen molar-refractivity contribution in [3.05, 3.63) is 42.1 Å². The zero-order chi connectivity index (χ0) is 16.4. The Labute approximate surface area is 136 Å². The second-order valence-corrected chi connectivity index (χ2v) is 5.74. The van der Waals surface area contributed by atoms with Crippen LogP contribution in [0.5, 0.6) is 5.75 Å². The van der Waals surface area contributed by atoms with Gasteiger partial charge in [-0.25, -0.2) is 4.98 Å². The molecule has 0 radical (unpaired) electrons. The number of para-hydroxylation sites is 1. The van der Waals surface area contributed by atoms with E-state index in [9.17, 15) is 0 Å². The van der Waals surface area contributed by atoms with Crippen molar-refractivity contribution in [2.24, 2.45) is 0 Å². The first kappa shape index (κ1) is 15.3. The third-order valence-corrected chi connectivity index (χ3v) is 3.94. The summed E-state index contributed by atoms with van der Waals surface area (Å²) in [6.45, 7) is 6.32. The lowest BCUT2D eigenvalue weighted by Crippen LogP contribution is -2.16. The normalized spacial score (nSPS) is 12.3. The third kappa shape index (κ3) is 2.99. The molecule has 1 aromatic carbocycles. The molecular weight excluding hydrogens is 288 g/mol. The Kier molecular flexibility index (Phi) is 4.19. The first-order chi connectivity index (χ1) is 11.1. The van der Waals surface area contributed by atoms with Crippen molar-refractivity contribution in [1.82, 2.24) is 14.6 Å². The van der Waals surface area contributed by atoms with Crippen LogP contribution in [0.15, 0.2) is 36.4 Å². The number of fused-ring (bicyclic) bond motifs is 1. The fourth-order valence-electron chi connectivity index (χ4n) is 2.55. The van der Waals surface area contributed by atoms with E-state index in [-0.39, 0.29) is 0 Å². The molecule has 5 nitrogen and oxygen atoms in total. The van der Waals surface area contributed by atoms with Crippen LogP contribution in [-0.2, 0) is 0 Å². The number of ether oxygens (including phenoxy) is 1. The number of rotatable bonds is 5. The predicted octanol–water partition coefficient (Wildman–Crippen LogP) is 3.92. The number of aryl methyl sites for hydroxylation is 1. The fraction of sp³-hybridized carbons (Fsp3) is 0.333. The zero-order valence-corrected chi connectivity index (χ0v) is 14.0. The molecule has 2 heterocycles. The maximum Gasteiger partial charge on any atom is 0.158 e. The molecule has 0 aliphatic heterocycles. The molecule has 2 aromatic heterocycles. The van der Waals surface area contributed by atoms with Gasteiger partial charge in [0.25, 0.3) is 0 Å². The summed E-state index contributed by atoms with van der Waals surface area (Å²) in [7, 11) is 1.67. The van der Waals surface area contributed by atoms with Crippen LogP contribution in [0.25, 0.3) is 16.9 Å². The van der Waals surface area contributed by atoms with Gasteiger partial charge in [0.15, 0.2) is 5.65 Å². The van der Waals surface area contributed by atoms with Crippen LogP contribution in [0.2, 0.25) is 0 Å². The summed E-state index contributed by atoms with van der Waals surface area (Å²) < 4.78 is 7.31. The van der Waals surface area contributed by atoms with Crippen LogP contribution in [0.4, 0.5) is 5.82 Å². The quantitative estimate of drug-likeness (QED) is 0.776. The van der Waals surface area contributed by atoms with E-state index < -0.39 is 0 Å². The van der Waals surface area contributed by atoms with Crippen molar-refractivity contribution in [3.63, 3.8) is 0 Å². The van der Waals surface area contributed by atoms with Crippen LogP contribution < -0.4 is 10.1 Å². The molecule has 0 spiro atoms. The summed E-state index contributed by atoms with van der Waals surface area (Å²) in [5.41, 5.74) is 3.62. The Hall–Kier alpha value is -2.56. The highest BCUT2D eigenvalue weighted by molar-refractivity contribution is 5.71. The van der Waals surface area contributed by atoms with Crippen molar-refractivity contribution in [1.29, 1.82) is 0 Å². The molecule has 0 saturated carbocycles. The van der Waals surface area contributed by atoms with Gasteiger partial charge in [-0.3, -0.25) is 0 Å². The molecule has 0 aliphatic carbocycles. The fourth-order valence-corrected chi connectivity index (χ4v) is 2.55. The number of nitrogens with zero attached hydrogens (tertiary/aromatic N) is 3. The Morgan fingerprint density at radius 1 is 1.26 bits per heavy atom. The SMILES string of the molecule is CC[C@@H](C)Nc1cc(C)nc2cc(-c3ccccc3OC)nn12. The number of benzene rings is 1. The number of nitrogens with one attached hydrogen (secondary N) is 1. The maximum atomic E-state index is 5.45. The van der Waals surface area contributed by atoms with Gasteiger partial charge in [0, 0.05) is 29.4 Å². The van der Waals surface area contributed by atoms with Crippen molar-refractivity contribution in [3.8, 4) is 17.0 Å². The molecule has 0 amide bonds. The number of anilines is 1.